The van der Waals surface area contributed by atoms with E-state index in [2.05, 4.69) is 10.6 Å². The molecule has 1 aliphatic rings. The maximum absolute atomic E-state index is 13.2. The molecule has 24 heavy (non-hydrogen) atoms. The Labute approximate surface area is 136 Å². The first-order valence-electron chi connectivity index (χ1n) is 7.38. The minimum Gasteiger partial charge on any atom is -0.394 e. The van der Waals surface area contributed by atoms with Gasteiger partial charge in [0.15, 0.2) is 17.5 Å². The van der Waals surface area contributed by atoms with E-state index >= 15 is 0 Å². The van der Waals surface area contributed by atoms with E-state index in [4.69, 9.17) is 0 Å². The number of aryl methyl sites for hydroxylation is 1. The summed E-state index contributed by atoms with van der Waals surface area (Å²) in [5.41, 5.74) is 0.644. The summed E-state index contributed by atoms with van der Waals surface area (Å²) in [4.78, 5) is 12.2. The van der Waals surface area contributed by atoms with Crippen LogP contribution in [0.15, 0.2) is 36.4 Å². The Balaban J connectivity index is 1.80. The zero-order valence-electron chi connectivity index (χ0n) is 12.6. The van der Waals surface area contributed by atoms with E-state index in [1.807, 2.05) is 18.2 Å². The lowest BCUT2D eigenvalue weighted by molar-refractivity contribution is 0.164. The molecular weight excluding hydrogens is 321 g/mol. The Kier molecular flexibility index (Phi) is 4.19. The molecule has 4 nitrogen and oxygen atoms in total. The molecule has 7 heteroatoms. The topological polar surface area (TPSA) is 61.4 Å². The molecule has 1 unspecified atom stereocenters. The van der Waals surface area contributed by atoms with Crippen LogP contribution in [-0.2, 0) is 12.0 Å². The summed E-state index contributed by atoms with van der Waals surface area (Å²) in [5.74, 6) is -4.39. The number of anilines is 1. The average molecular weight is 336 g/mol. The van der Waals surface area contributed by atoms with Crippen molar-refractivity contribution in [3.63, 3.8) is 0 Å². The molecule has 0 saturated heterocycles. The van der Waals surface area contributed by atoms with Gasteiger partial charge in [0.1, 0.15) is 0 Å². The Morgan fingerprint density at radius 1 is 1.17 bits per heavy atom. The van der Waals surface area contributed by atoms with Gasteiger partial charge in [-0.25, -0.2) is 18.0 Å². The van der Waals surface area contributed by atoms with Crippen molar-refractivity contribution in [3.05, 3.63) is 65.0 Å². The van der Waals surface area contributed by atoms with Gasteiger partial charge in [0.2, 0.25) is 0 Å². The zero-order chi connectivity index (χ0) is 17.3. The molecule has 3 N–H and O–H groups in total. The minimum atomic E-state index is -1.60. The number of aliphatic hydroxyl groups is 1. The van der Waals surface area contributed by atoms with E-state index in [9.17, 15) is 23.1 Å². The lowest BCUT2D eigenvalue weighted by Crippen LogP contribution is -2.48. The van der Waals surface area contributed by atoms with E-state index < -0.39 is 29.0 Å². The third kappa shape index (κ3) is 2.82. The van der Waals surface area contributed by atoms with Crippen LogP contribution in [0.2, 0.25) is 0 Å². The second-order valence-corrected chi connectivity index (χ2v) is 5.73. The second-order valence-electron chi connectivity index (χ2n) is 5.73. The molecule has 0 radical (unpaired) electrons. The third-order valence-corrected chi connectivity index (χ3v) is 4.22. The first kappa shape index (κ1) is 16.3. The molecule has 0 aromatic heterocycles. The number of rotatable bonds is 3. The lowest BCUT2D eigenvalue weighted by atomic mass is 9.93. The van der Waals surface area contributed by atoms with Crippen LogP contribution in [0.25, 0.3) is 0 Å². The number of nitrogens with one attached hydrogen (secondary N) is 2. The highest BCUT2D eigenvalue weighted by atomic mass is 19.2. The predicted molar refractivity (Wildman–Crippen MR) is 82.0 cm³/mol. The highest BCUT2D eigenvalue weighted by molar-refractivity contribution is 5.90. The van der Waals surface area contributed by atoms with Crippen molar-refractivity contribution in [2.75, 3.05) is 11.9 Å². The van der Waals surface area contributed by atoms with Crippen LogP contribution in [-0.4, -0.2) is 17.7 Å². The summed E-state index contributed by atoms with van der Waals surface area (Å²) in [5, 5.41) is 14.7. The lowest BCUT2D eigenvalue weighted by Gasteiger charge is -2.29. The summed E-state index contributed by atoms with van der Waals surface area (Å²) >= 11 is 0. The number of amides is 2. The third-order valence-electron chi connectivity index (χ3n) is 4.22. The Bertz CT molecular complexity index is 774. The standard InChI is InChI=1S/C17H15F3N2O2/c18-13-7-11(8-14(19)15(13)20)21-16(24)22-17(9-23)6-5-10-3-1-2-4-12(10)17/h1-4,7-8,23H,5-6,9H2,(H2,21,22,24). The van der Waals surface area contributed by atoms with E-state index in [0.29, 0.717) is 25.0 Å². The molecule has 0 fully saturated rings. The summed E-state index contributed by atoms with van der Waals surface area (Å²) in [7, 11) is 0. The SMILES string of the molecule is O=C(Nc1cc(F)c(F)c(F)c1)NC1(CO)CCc2ccccc21. The minimum absolute atomic E-state index is 0.219. The molecule has 0 aliphatic heterocycles. The van der Waals surface area contributed by atoms with E-state index in [-0.39, 0.29) is 12.3 Å². The number of urea groups is 1. The average Bonchev–Trinajstić information content (AvgIpc) is 2.92. The monoisotopic (exact) mass is 336 g/mol. The van der Waals surface area contributed by atoms with Crippen molar-refractivity contribution in [2.24, 2.45) is 0 Å². The number of fused-ring (bicyclic) bond motifs is 1. The van der Waals surface area contributed by atoms with Crippen molar-refractivity contribution >= 4 is 11.7 Å². The fourth-order valence-corrected chi connectivity index (χ4v) is 3.03. The van der Waals surface area contributed by atoms with Crippen molar-refractivity contribution in [1.82, 2.24) is 5.32 Å². The maximum Gasteiger partial charge on any atom is 0.320 e. The molecule has 0 bridgehead atoms. The van der Waals surface area contributed by atoms with Gasteiger partial charge in [0.25, 0.3) is 0 Å². The summed E-state index contributed by atoms with van der Waals surface area (Å²) < 4.78 is 39.4. The fraction of sp³-hybridized carbons (Fsp3) is 0.235. The summed E-state index contributed by atoms with van der Waals surface area (Å²) in [6.07, 6.45) is 1.19. The van der Waals surface area contributed by atoms with Crippen LogP contribution in [0, 0.1) is 17.5 Å². The number of halogens is 3. The fourth-order valence-electron chi connectivity index (χ4n) is 3.03. The molecule has 2 aromatic carbocycles. The predicted octanol–water partition coefficient (Wildman–Crippen LogP) is 3.06. The van der Waals surface area contributed by atoms with Crippen LogP contribution in [0.4, 0.5) is 23.7 Å². The van der Waals surface area contributed by atoms with E-state index in [1.54, 1.807) is 6.07 Å². The Morgan fingerprint density at radius 2 is 1.83 bits per heavy atom. The first-order valence-corrected chi connectivity index (χ1v) is 7.38. The molecular formula is C17H15F3N2O2. The van der Waals surface area contributed by atoms with Gasteiger partial charge >= 0.3 is 6.03 Å². The number of carbonyl (C=O) groups is 1. The highest BCUT2D eigenvalue weighted by Gasteiger charge is 2.39. The molecule has 126 valence electrons. The Hall–Kier alpha value is -2.54. The molecule has 2 aromatic rings. The maximum atomic E-state index is 13.2. The van der Waals surface area contributed by atoms with Crippen molar-refractivity contribution < 1.29 is 23.1 Å². The van der Waals surface area contributed by atoms with Gasteiger partial charge in [-0.05, 0) is 24.0 Å². The van der Waals surface area contributed by atoms with Gasteiger partial charge in [0.05, 0.1) is 12.1 Å². The number of benzene rings is 2. The van der Waals surface area contributed by atoms with Gasteiger partial charge in [-0.1, -0.05) is 24.3 Å². The van der Waals surface area contributed by atoms with Crippen LogP contribution in [0.1, 0.15) is 17.5 Å². The normalized spacial score (nSPS) is 19.0. The van der Waals surface area contributed by atoms with Crippen LogP contribution >= 0.6 is 0 Å². The smallest absolute Gasteiger partial charge is 0.320 e. The van der Waals surface area contributed by atoms with Crippen molar-refractivity contribution in [3.8, 4) is 0 Å². The molecule has 0 heterocycles. The molecule has 1 aliphatic carbocycles. The van der Waals surface area contributed by atoms with Crippen LogP contribution < -0.4 is 10.6 Å². The van der Waals surface area contributed by atoms with E-state index in [1.165, 1.54) is 0 Å². The quantitative estimate of drug-likeness (QED) is 0.755. The van der Waals surface area contributed by atoms with Gasteiger partial charge < -0.3 is 15.7 Å². The summed E-state index contributed by atoms with van der Waals surface area (Å²) in [6, 6.07) is 8.03. The highest BCUT2D eigenvalue weighted by Crippen LogP contribution is 2.36. The number of hydrogen-bond acceptors (Lipinski definition) is 2. The second kappa shape index (κ2) is 6.16. The molecule has 3 rings (SSSR count). The first-order chi connectivity index (χ1) is 11.4. The summed E-state index contributed by atoms with van der Waals surface area (Å²) in [6.45, 7) is -0.316. The van der Waals surface area contributed by atoms with E-state index in [0.717, 1.165) is 11.1 Å². The molecule has 0 spiro atoms. The van der Waals surface area contributed by atoms with Gasteiger partial charge in [-0.2, -0.15) is 0 Å². The van der Waals surface area contributed by atoms with Crippen molar-refractivity contribution in [1.29, 1.82) is 0 Å². The number of carbonyl (C=O) groups excluding carboxylic acids is 1. The number of aliphatic hydroxyl groups excluding tert-OH is 1. The van der Waals surface area contributed by atoms with Gasteiger partial charge in [-0.15, -0.1) is 0 Å². The molecule has 2 amide bonds. The molecule has 1 atom stereocenters. The Morgan fingerprint density at radius 3 is 2.50 bits per heavy atom. The zero-order valence-corrected chi connectivity index (χ0v) is 12.6. The van der Waals surface area contributed by atoms with Crippen LogP contribution in [0.5, 0.6) is 0 Å². The number of hydrogen-bond donors (Lipinski definition) is 3. The van der Waals surface area contributed by atoms with Crippen LogP contribution in [0.3, 0.4) is 0 Å². The van der Waals surface area contributed by atoms with Gasteiger partial charge in [0, 0.05) is 17.8 Å². The van der Waals surface area contributed by atoms with Crippen molar-refractivity contribution in [2.45, 2.75) is 18.4 Å². The van der Waals surface area contributed by atoms with Gasteiger partial charge in [-0.3, -0.25) is 0 Å². The molecule has 0 saturated carbocycles. The largest absolute Gasteiger partial charge is 0.394 e.